The fourth-order valence-corrected chi connectivity index (χ4v) is 3.70. The molecule has 3 rings (SSSR count). The van der Waals surface area contributed by atoms with Crippen molar-refractivity contribution >= 4 is 11.2 Å². The summed E-state index contributed by atoms with van der Waals surface area (Å²) < 4.78 is 10.1. The Hall–Kier alpha value is -1.97. The average molecular weight is 365 g/mol. The molecular weight excluding hydrogens is 338 g/mol. The fraction of sp³-hybridized carbons (Fsp3) is 0.706. The van der Waals surface area contributed by atoms with Crippen LogP contribution in [0.1, 0.15) is 26.1 Å². The molecule has 144 valence electrons. The van der Waals surface area contributed by atoms with E-state index in [4.69, 9.17) is 4.74 Å². The monoisotopic (exact) mass is 365 g/mol. The van der Waals surface area contributed by atoms with E-state index in [0.717, 1.165) is 23.5 Å². The highest BCUT2D eigenvalue weighted by atomic mass is 16.5. The first-order valence-electron chi connectivity index (χ1n) is 8.97. The van der Waals surface area contributed by atoms with Crippen molar-refractivity contribution in [2.45, 2.75) is 45.6 Å². The van der Waals surface area contributed by atoms with E-state index in [9.17, 15) is 14.7 Å². The molecule has 1 aliphatic rings. The molecule has 0 spiro atoms. The molecule has 0 aromatic carbocycles. The van der Waals surface area contributed by atoms with Crippen molar-refractivity contribution in [1.82, 2.24) is 23.6 Å². The second-order valence-electron chi connectivity index (χ2n) is 7.09. The molecule has 2 aromatic rings. The molecule has 0 radical (unpaired) electrons. The normalized spacial score (nSPS) is 21.6. The minimum Gasteiger partial charge on any atom is -0.396 e. The van der Waals surface area contributed by atoms with E-state index in [-0.39, 0.29) is 24.4 Å². The van der Waals surface area contributed by atoms with E-state index in [1.807, 2.05) is 18.4 Å². The number of rotatable bonds is 5. The van der Waals surface area contributed by atoms with Gasteiger partial charge in [-0.05, 0) is 20.3 Å². The van der Waals surface area contributed by atoms with E-state index < -0.39 is 5.69 Å². The topological polar surface area (TPSA) is 94.5 Å². The molecule has 2 atom stereocenters. The number of morpholine rings is 1. The van der Waals surface area contributed by atoms with Crippen molar-refractivity contribution in [3.05, 3.63) is 26.7 Å². The standard InChI is InChI=1S/C17H27N5O4/c1-11-8-21(9-12(2)26-11)10-13-18-15-14(22(13)6-5-7-23)16(24)20(4)17(25)19(15)3/h11-12,23H,5-10H2,1-4H3/t11-,12-/m0/s1. The van der Waals surface area contributed by atoms with Gasteiger partial charge in [0.15, 0.2) is 11.2 Å². The number of aryl methyl sites for hydroxylation is 2. The number of aliphatic hydroxyl groups is 1. The number of hydrogen-bond donors (Lipinski definition) is 1. The van der Waals surface area contributed by atoms with Crippen LogP contribution in [0.3, 0.4) is 0 Å². The second-order valence-corrected chi connectivity index (χ2v) is 7.09. The number of ether oxygens (including phenoxy) is 1. The maximum absolute atomic E-state index is 12.7. The lowest BCUT2D eigenvalue weighted by atomic mass is 10.2. The molecule has 26 heavy (non-hydrogen) atoms. The maximum Gasteiger partial charge on any atom is 0.332 e. The van der Waals surface area contributed by atoms with Crippen molar-refractivity contribution in [1.29, 1.82) is 0 Å². The highest BCUT2D eigenvalue weighted by molar-refractivity contribution is 5.71. The summed E-state index contributed by atoms with van der Waals surface area (Å²) in [6.07, 6.45) is 0.776. The zero-order valence-corrected chi connectivity index (χ0v) is 15.8. The summed E-state index contributed by atoms with van der Waals surface area (Å²) in [5.41, 5.74) is 0.0470. The van der Waals surface area contributed by atoms with E-state index in [2.05, 4.69) is 9.88 Å². The third kappa shape index (κ3) is 3.34. The molecule has 0 aliphatic carbocycles. The summed E-state index contributed by atoms with van der Waals surface area (Å²) in [6.45, 7) is 6.71. The first kappa shape index (κ1) is 18.8. The summed E-state index contributed by atoms with van der Waals surface area (Å²) in [5, 5.41) is 9.24. The summed E-state index contributed by atoms with van der Waals surface area (Å²) >= 11 is 0. The van der Waals surface area contributed by atoms with Crippen molar-refractivity contribution < 1.29 is 9.84 Å². The molecule has 1 N–H and O–H groups in total. The quantitative estimate of drug-likeness (QED) is 0.762. The van der Waals surface area contributed by atoms with Crippen LogP contribution in [-0.4, -0.2) is 60.6 Å². The first-order valence-corrected chi connectivity index (χ1v) is 8.97. The lowest BCUT2D eigenvalue weighted by molar-refractivity contribution is -0.0712. The number of aliphatic hydroxyl groups excluding tert-OH is 1. The summed E-state index contributed by atoms with van der Waals surface area (Å²) in [7, 11) is 3.09. The Morgan fingerprint density at radius 1 is 1.15 bits per heavy atom. The van der Waals surface area contributed by atoms with Crippen molar-refractivity contribution in [3.63, 3.8) is 0 Å². The predicted molar refractivity (Wildman–Crippen MR) is 97.2 cm³/mol. The third-order valence-electron chi connectivity index (χ3n) is 4.83. The van der Waals surface area contributed by atoms with Crippen molar-refractivity contribution in [2.24, 2.45) is 14.1 Å². The largest absolute Gasteiger partial charge is 0.396 e. The summed E-state index contributed by atoms with van der Waals surface area (Å²) in [4.78, 5) is 31.8. The average Bonchev–Trinajstić information content (AvgIpc) is 2.93. The Bertz CT molecular complexity index is 902. The Balaban J connectivity index is 2.09. The van der Waals surface area contributed by atoms with E-state index in [1.165, 1.54) is 11.6 Å². The number of nitrogens with zero attached hydrogens (tertiary/aromatic N) is 5. The lowest BCUT2D eigenvalue weighted by Crippen LogP contribution is -2.45. The Morgan fingerprint density at radius 2 is 1.81 bits per heavy atom. The first-order chi connectivity index (χ1) is 12.3. The van der Waals surface area contributed by atoms with Crippen molar-refractivity contribution in [2.75, 3.05) is 19.7 Å². The molecule has 1 saturated heterocycles. The molecule has 1 aliphatic heterocycles. The van der Waals surface area contributed by atoms with Crippen LogP contribution >= 0.6 is 0 Å². The second kappa shape index (κ2) is 7.34. The van der Waals surface area contributed by atoms with Crippen LogP contribution in [0.4, 0.5) is 0 Å². The van der Waals surface area contributed by atoms with Gasteiger partial charge in [0.05, 0.1) is 18.8 Å². The number of aromatic nitrogens is 4. The summed E-state index contributed by atoms with van der Waals surface area (Å²) in [5.74, 6) is 0.730. The van der Waals surface area contributed by atoms with Gasteiger partial charge in [0.25, 0.3) is 5.56 Å². The van der Waals surface area contributed by atoms with Gasteiger partial charge in [0.1, 0.15) is 5.82 Å². The zero-order valence-electron chi connectivity index (χ0n) is 15.8. The number of imidazole rings is 1. The van der Waals surface area contributed by atoms with Gasteiger partial charge >= 0.3 is 5.69 Å². The van der Waals surface area contributed by atoms with E-state index >= 15 is 0 Å². The number of hydrogen-bond acceptors (Lipinski definition) is 6. The molecule has 9 nitrogen and oxygen atoms in total. The van der Waals surface area contributed by atoms with Gasteiger partial charge in [0, 0.05) is 40.3 Å². The van der Waals surface area contributed by atoms with Gasteiger partial charge in [-0.3, -0.25) is 18.8 Å². The minimum atomic E-state index is -0.394. The van der Waals surface area contributed by atoms with Crippen LogP contribution in [0.5, 0.6) is 0 Å². The van der Waals surface area contributed by atoms with E-state index in [0.29, 0.717) is 30.7 Å². The molecule has 0 amide bonds. The Labute approximate surface area is 151 Å². The van der Waals surface area contributed by atoms with Crippen LogP contribution < -0.4 is 11.2 Å². The van der Waals surface area contributed by atoms with Gasteiger partial charge in [-0.15, -0.1) is 0 Å². The zero-order chi connectivity index (χ0) is 19.0. The predicted octanol–water partition coefficient (Wildman–Crippen LogP) is -0.575. The van der Waals surface area contributed by atoms with Crippen LogP contribution in [0.15, 0.2) is 9.59 Å². The van der Waals surface area contributed by atoms with Gasteiger partial charge in [-0.1, -0.05) is 0 Å². The minimum absolute atomic E-state index is 0.0246. The van der Waals surface area contributed by atoms with E-state index in [1.54, 1.807) is 7.05 Å². The summed E-state index contributed by atoms with van der Waals surface area (Å²) in [6, 6.07) is 0. The molecule has 0 bridgehead atoms. The van der Waals surface area contributed by atoms with Crippen LogP contribution in [0, 0.1) is 0 Å². The highest BCUT2D eigenvalue weighted by Crippen LogP contribution is 2.17. The van der Waals surface area contributed by atoms with Gasteiger partial charge < -0.3 is 14.4 Å². The lowest BCUT2D eigenvalue weighted by Gasteiger charge is -2.35. The highest BCUT2D eigenvalue weighted by Gasteiger charge is 2.25. The fourth-order valence-electron chi connectivity index (χ4n) is 3.70. The SMILES string of the molecule is C[C@H]1CN(Cc2nc3c(c(=O)n(C)c(=O)n3C)n2CCCO)C[C@H](C)O1. The van der Waals surface area contributed by atoms with Gasteiger partial charge in [-0.2, -0.15) is 0 Å². The van der Waals surface area contributed by atoms with Crippen LogP contribution in [-0.2, 0) is 31.9 Å². The van der Waals surface area contributed by atoms with Crippen LogP contribution in [0.25, 0.3) is 11.2 Å². The molecule has 0 saturated carbocycles. The number of fused-ring (bicyclic) bond motifs is 1. The van der Waals surface area contributed by atoms with Crippen LogP contribution in [0.2, 0.25) is 0 Å². The molecule has 1 fully saturated rings. The Morgan fingerprint density at radius 3 is 2.42 bits per heavy atom. The molecule has 3 heterocycles. The van der Waals surface area contributed by atoms with Gasteiger partial charge in [-0.25, -0.2) is 9.78 Å². The molecule has 2 aromatic heterocycles. The Kier molecular flexibility index (Phi) is 5.31. The molecule has 0 unspecified atom stereocenters. The maximum atomic E-state index is 12.7. The third-order valence-corrected chi connectivity index (χ3v) is 4.83. The smallest absolute Gasteiger partial charge is 0.332 e. The van der Waals surface area contributed by atoms with Crippen molar-refractivity contribution in [3.8, 4) is 0 Å². The van der Waals surface area contributed by atoms with Gasteiger partial charge in [0.2, 0.25) is 0 Å². The molecule has 9 heteroatoms. The molecular formula is C17H27N5O4.